The number of ether oxygens (including phenoxy) is 2. The third-order valence-corrected chi connectivity index (χ3v) is 5.59. The van der Waals surface area contributed by atoms with Gasteiger partial charge in [0.05, 0.1) is 18.8 Å². The second kappa shape index (κ2) is 9.78. The minimum atomic E-state index is 0.429. The first-order valence-corrected chi connectivity index (χ1v) is 10.5. The van der Waals surface area contributed by atoms with Crippen LogP contribution in [0.2, 0.25) is 0 Å². The van der Waals surface area contributed by atoms with Gasteiger partial charge in [-0.3, -0.25) is 0 Å². The molecule has 3 rings (SSSR count). The molecular weight excluding hydrogens is 494 g/mol. The van der Waals surface area contributed by atoms with E-state index in [-0.39, 0.29) is 0 Å². The van der Waals surface area contributed by atoms with E-state index in [2.05, 4.69) is 37.9 Å². The van der Waals surface area contributed by atoms with Crippen LogP contribution in [-0.4, -0.2) is 7.11 Å². The molecule has 146 valence electrons. The van der Waals surface area contributed by atoms with E-state index in [1.807, 2.05) is 73.7 Å². The SMILES string of the molecule is COc1cc(/C=C(/C#N)c2ccc(C)cc2)c(Br)cc1OCc1ccc(Br)cc1. The maximum absolute atomic E-state index is 9.62. The summed E-state index contributed by atoms with van der Waals surface area (Å²) in [6.45, 7) is 2.45. The summed E-state index contributed by atoms with van der Waals surface area (Å²) < 4.78 is 13.3. The molecule has 0 saturated heterocycles. The predicted octanol–water partition coefficient (Wildman–Crippen LogP) is 7.17. The standard InChI is InChI=1S/C24H19Br2NO2/c1-16-3-7-18(8-4-16)20(14-27)11-19-12-23(28-2)24(13-22(19)26)29-15-17-5-9-21(25)10-6-17/h3-13H,15H2,1-2H3/b20-11-. The molecule has 0 radical (unpaired) electrons. The van der Waals surface area contributed by atoms with Crippen LogP contribution in [0.25, 0.3) is 11.6 Å². The monoisotopic (exact) mass is 511 g/mol. The molecule has 3 aromatic carbocycles. The number of allylic oxidation sites excluding steroid dienone is 1. The zero-order valence-electron chi connectivity index (χ0n) is 16.1. The highest BCUT2D eigenvalue weighted by molar-refractivity contribution is 9.10. The highest BCUT2D eigenvalue weighted by atomic mass is 79.9. The maximum atomic E-state index is 9.62. The Kier molecular flexibility index (Phi) is 7.13. The fourth-order valence-corrected chi connectivity index (χ4v) is 3.45. The zero-order chi connectivity index (χ0) is 20.8. The summed E-state index contributed by atoms with van der Waals surface area (Å²) in [5, 5.41) is 9.62. The fraction of sp³-hybridized carbons (Fsp3) is 0.125. The molecular formula is C24H19Br2NO2. The lowest BCUT2D eigenvalue weighted by atomic mass is 10.0. The molecule has 0 amide bonds. The van der Waals surface area contributed by atoms with Crippen molar-refractivity contribution in [1.29, 1.82) is 5.26 Å². The number of rotatable bonds is 6. The van der Waals surface area contributed by atoms with E-state index in [1.165, 1.54) is 0 Å². The Morgan fingerprint density at radius 2 is 1.69 bits per heavy atom. The molecule has 29 heavy (non-hydrogen) atoms. The second-order valence-electron chi connectivity index (χ2n) is 6.48. The number of methoxy groups -OCH3 is 1. The Labute approximate surface area is 187 Å². The van der Waals surface area contributed by atoms with Crippen molar-refractivity contribution < 1.29 is 9.47 Å². The van der Waals surface area contributed by atoms with Crippen molar-refractivity contribution in [2.24, 2.45) is 0 Å². The van der Waals surface area contributed by atoms with Crippen LogP contribution < -0.4 is 9.47 Å². The van der Waals surface area contributed by atoms with Gasteiger partial charge >= 0.3 is 0 Å². The highest BCUT2D eigenvalue weighted by Gasteiger charge is 2.11. The molecule has 0 bridgehead atoms. The normalized spacial score (nSPS) is 11.1. The van der Waals surface area contributed by atoms with Gasteiger partial charge in [0.25, 0.3) is 0 Å². The van der Waals surface area contributed by atoms with Gasteiger partial charge in [-0.1, -0.05) is 73.8 Å². The van der Waals surface area contributed by atoms with Crippen molar-refractivity contribution in [2.75, 3.05) is 7.11 Å². The van der Waals surface area contributed by atoms with Gasteiger partial charge in [-0.05, 0) is 54.0 Å². The minimum Gasteiger partial charge on any atom is -0.493 e. The number of hydrogen-bond donors (Lipinski definition) is 0. The van der Waals surface area contributed by atoms with Gasteiger partial charge in [-0.25, -0.2) is 0 Å². The number of halogens is 2. The molecule has 5 heteroatoms. The van der Waals surface area contributed by atoms with Crippen molar-refractivity contribution >= 4 is 43.5 Å². The van der Waals surface area contributed by atoms with E-state index >= 15 is 0 Å². The van der Waals surface area contributed by atoms with Crippen LogP contribution in [0.1, 0.15) is 22.3 Å². The number of benzene rings is 3. The molecule has 0 aliphatic rings. The number of aryl methyl sites for hydroxylation is 1. The fourth-order valence-electron chi connectivity index (χ4n) is 2.74. The highest BCUT2D eigenvalue weighted by Crippen LogP contribution is 2.36. The summed E-state index contributed by atoms with van der Waals surface area (Å²) in [6, 6.07) is 21.9. The van der Waals surface area contributed by atoms with Gasteiger partial charge in [0.1, 0.15) is 6.61 Å². The summed E-state index contributed by atoms with van der Waals surface area (Å²) in [5.41, 5.74) is 4.51. The van der Waals surface area contributed by atoms with Gasteiger partial charge in [0.15, 0.2) is 11.5 Å². The van der Waals surface area contributed by atoms with Crippen molar-refractivity contribution in [3.05, 3.63) is 91.9 Å². The quantitative estimate of drug-likeness (QED) is 0.259. The molecule has 0 aliphatic heterocycles. The van der Waals surface area contributed by atoms with E-state index in [4.69, 9.17) is 9.47 Å². The molecule has 0 saturated carbocycles. The Balaban J connectivity index is 1.88. The summed E-state index contributed by atoms with van der Waals surface area (Å²) in [6.07, 6.45) is 1.84. The first kappa shape index (κ1) is 21.2. The number of nitriles is 1. The first-order chi connectivity index (χ1) is 14.0. The predicted molar refractivity (Wildman–Crippen MR) is 124 cm³/mol. The lowest BCUT2D eigenvalue weighted by Crippen LogP contribution is -1.98. The molecule has 0 atom stereocenters. The average Bonchev–Trinajstić information content (AvgIpc) is 2.73. The smallest absolute Gasteiger partial charge is 0.162 e. The van der Waals surface area contributed by atoms with Crippen molar-refractivity contribution in [2.45, 2.75) is 13.5 Å². The average molecular weight is 513 g/mol. The Hall–Kier alpha value is -2.55. The molecule has 0 N–H and O–H groups in total. The zero-order valence-corrected chi connectivity index (χ0v) is 19.2. The summed E-state index contributed by atoms with van der Waals surface area (Å²) in [7, 11) is 1.61. The summed E-state index contributed by atoms with van der Waals surface area (Å²) in [5.74, 6) is 1.24. The lowest BCUT2D eigenvalue weighted by molar-refractivity contribution is 0.284. The molecule has 0 unspecified atom stereocenters. The molecule has 0 heterocycles. The number of nitrogens with zero attached hydrogens (tertiary/aromatic N) is 1. The minimum absolute atomic E-state index is 0.429. The Morgan fingerprint density at radius 1 is 1.00 bits per heavy atom. The summed E-state index contributed by atoms with van der Waals surface area (Å²) in [4.78, 5) is 0. The number of hydrogen-bond acceptors (Lipinski definition) is 3. The van der Waals surface area contributed by atoms with Gasteiger partial charge in [-0.2, -0.15) is 5.26 Å². The van der Waals surface area contributed by atoms with Gasteiger partial charge in [0.2, 0.25) is 0 Å². The molecule has 0 spiro atoms. The first-order valence-electron chi connectivity index (χ1n) is 8.94. The van der Waals surface area contributed by atoms with E-state index in [1.54, 1.807) is 7.11 Å². The van der Waals surface area contributed by atoms with Crippen molar-refractivity contribution in [1.82, 2.24) is 0 Å². The van der Waals surface area contributed by atoms with Crippen LogP contribution in [0.4, 0.5) is 0 Å². The third kappa shape index (κ3) is 5.50. The van der Waals surface area contributed by atoms with Crippen LogP contribution in [0.15, 0.2) is 69.6 Å². The molecule has 0 aliphatic carbocycles. The molecule has 0 fully saturated rings. The maximum Gasteiger partial charge on any atom is 0.162 e. The van der Waals surface area contributed by atoms with E-state index in [0.717, 1.165) is 31.2 Å². The topological polar surface area (TPSA) is 42.2 Å². The van der Waals surface area contributed by atoms with Crippen LogP contribution in [0.3, 0.4) is 0 Å². The van der Waals surface area contributed by atoms with E-state index in [0.29, 0.717) is 23.7 Å². The van der Waals surface area contributed by atoms with Gasteiger partial charge in [0, 0.05) is 8.95 Å². The molecule has 0 aromatic heterocycles. The second-order valence-corrected chi connectivity index (χ2v) is 8.25. The van der Waals surface area contributed by atoms with Gasteiger partial charge in [-0.15, -0.1) is 0 Å². The third-order valence-electron chi connectivity index (χ3n) is 4.37. The summed E-state index contributed by atoms with van der Waals surface area (Å²) >= 11 is 7.02. The van der Waals surface area contributed by atoms with Crippen molar-refractivity contribution in [3.8, 4) is 17.6 Å². The van der Waals surface area contributed by atoms with E-state index in [9.17, 15) is 5.26 Å². The molecule has 3 nitrogen and oxygen atoms in total. The molecule has 3 aromatic rings. The van der Waals surface area contributed by atoms with Crippen LogP contribution >= 0.6 is 31.9 Å². The Morgan fingerprint density at radius 3 is 2.31 bits per heavy atom. The van der Waals surface area contributed by atoms with Gasteiger partial charge < -0.3 is 9.47 Å². The van der Waals surface area contributed by atoms with Crippen LogP contribution in [-0.2, 0) is 6.61 Å². The Bertz CT molecular complexity index is 1070. The van der Waals surface area contributed by atoms with Crippen molar-refractivity contribution in [3.63, 3.8) is 0 Å². The van der Waals surface area contributed by atoms with Crippen LogP contribution in [0.5, 0.6) is 11.5 Å². The lowest BCUT2D eigenvalue weighted by Gasteiger charge is -2.13. The van der Waals surface area contributed by atoms with E-state index < -0.39 is 0 Å². The largest absolute Gasteiger partial charge is 0.493 e. The van der Waals surface area contributed by atoms with Crippen LogP contribution in [0, 0.1) is 18.3 Å².